The summed E-state index contributed by atoms with van der Waals surface area (Å²) in [7, 11) is 1.53. The highest BCUT2D eigenvalue weighted by molar-refractivity contribution is 9.10. The topological polar surface area (TPSA) is 79.1 Å². The molecule has 2 aromatic heterocycles. The van der Waals surface area contributed by atoms with Crippen LogP contribution in [0.4, 0.5) is 4.39 Å². The van der Waals surface area contributed by atoms with Crippen LogP contribution in [0.5, 0.6) is 11.5 Å². The molecule has 40 heavy (non-hydrogen) atoms. The van der Waals surface area contributed by atoms with E-state index in [0.717, 1.165) is 10.4 Å². The van der Waals surface area contributed by atoms with Crippen LogP contribution in [0, 0.1) is 5.82 Å². The van der Waals surface area contributed by atoms with Gasteiger partial charge in [0.15, 0.2) is 16.3 Å². The molecule has 7 nitrogen and oxygen atoms in total. The third kappa shape index (κ3) is 5.54. The van der Waals surface area contributed by atoms with E-state index in [-0.39, 0.29) is 24.6 Å². The maximum absolute atomic E-state index is 13.8. The van der Waals surface area contributed by atoms with Crippen molar-refractivity contribution in [2.75, 3.05) is 13.7 Å². The molecule has 0 spiro atoms. The number of carbonyl (C=O) groups excluding carboxylic acids is 1. The number of halogens is 2. The molecule has 2 aromatic carbocycles. The fourth-order valence-corrected chi connectivity index (χ4v) is 6.80. The van der Waals surface area contributed by atoms with Crippen molar-refractivity contribution in [3.05, 3.63) is 111 Å². The molecule has 0 radical (unpaired) electrons. The summed E-state index contributed by atoms with van der Waals surface area (Å²) in [6.45, 7) is 3.95. The molecular formula is C29H24BrFN2O5S2. The average molecular weight is 644 g/mol. The molecular weight excluding hydrogens is 619 g/mol. The first-order valence-corrected chi connectivity index (χ1v) is 14.8. The number of thiazole rings is 1. The van der Waals surface area contributed by atoms with E-state index in [9.17, 15) is 14.0 Å². The number of rotatable bonds is 8. The SMILES string of the molecule is CCOC(=O)C1=C(C)N=c2s/c(=C\c3cc(Br)c(OCc4ccc(F)cc4)c(OC)c3)c(=O)n2[C@H]1c1cccs1. The van der Waals surface area contributed by atoms with Crippen molar-refractivity contribution in [1.29, 1.82) is 0 Å². The summed E-state index contributed by atoms with van der Waals surface area (Å²) in [5, 5.41) is 1.91. The van der Waals surface area contributed by atoms with Gasteiger partial charge in [-0.2, -0.15) is 0 Å². The summed E-state index contributed by atoms with van der Waals surface area (Å²) in [6, 6.07) is 12.8. The molecule has 0 unspecified atom stereocenters. The molecule has 1 aliphatic heterocycles. The Bertz CT molecular complexity index is 1780. The predicted octanol–water partition coefficient (Wildman–Crippen LogP) is 5.35. The first-order valence-electron chi connectivity index (χ1n) is 12.3. The average Bonchev–Trinajstić information content (AvgIpc) is 3.56. The summed E-state index contributed by atoms with van der Waals surface area (Å²) in [5.74, 6) is 0.151. The molecule has 0 bridgehead atoms. The van der Waals surface area contributed by atoms with E-state index in [0.29, 0.717) is 42.1 Å². The summed E-state index contributed by atoms with van der Waals surface area (Å²) < 4.78 is 32.7. The smallest absolute Gasteiger partial charge is 0.338 e. The maximum atomic E-state index is 13.8. The van der Waals surface area contributed by atoms with Gasteiger partial charge in [-0.3, -0.25) is 9.36 Å². The second-order valence-electron chi connectivity index (χ2n) is 8.77. The van der Waals surface area contributed by atoms with Crippen molar-refractivity contribution in [3.63, 3.8) is 0 Å². The lowest BCUT2D eigenvalue weighted by atomic mass is 10.0. The number of allylic oxidation sites excluding steroid dienone is 1. The van der Waals surface area contributed by atoms with Gasteiger partial charge in [-0.05, 0) is 82.7 Å². The van der Waals surface area contributed by atoms with E-state index in [1.54, 1.807) is 42.7 Å². The Hall–Kier alpha value is -3.54. The molecule has 206 valence electrons. The van der Waals surface area contributed by atoms with Crippen molar-refractivity contribution in [2.45, 2.75) is 26.5 Å². The van der Waals surface area contributed by atoms with Gasteiger partial charge in [-0.1, -0.05) is 29.5 Å². The fourth-order valence-electron chi connectivity index (χ4n) is 4.36. The molecule has 0 saturated heterocycles. The number of methoxy groups -OCH3 is 1. The van der Waals surface area contributed by atoms with E-state index in [1.165, 1.54) is 41.9 Å². The van der Waals surface area contributed by atoms with Gasteiger partial charge in [-0.15, -0.1) is 11.3 Å². The third-order valence-corrected chi connectivity index (χ3v) is 8.67. The van der Waals surface area contributed by atoms with Gasteiger partial charge in [0.05, 0.1) is 34.0 Å². The van der Waals surface area contributed by atoms with Gasteiger partial charge in [0.2, 0.25) is 0 Å². The third-order valence-electron chi connectivity index (χ3n) is 6.18. The molecule has 11 heteroatoms. The minimum atomic E-state index is -0.624. The molecule has 0 amide bonds. The van der Waals surface area contributed by atoms with Gasteiger partial charge in [0.25, 0.3) is 5.56 Å². The van der Waals surface area contributed by atoms with Gasteiger partial charge < -0.3 is 14.2 Å². The largest absolute Gasteiger partial charge is 0.493 e. The summed E-state index contributed by atoms with van der Waals surface area (Å²) in [4.78, 5) is 32.6. The van der Waals surface area contributed by atoms with Crippen LogP contribution in [-0.2, 0) is 16.1 Å². The number of hydrogen-bond acceptors (Lipinski definition) is 8. The van der Waals surface area contributed by atoms with Crippen LogP contribution in [0.15, 0.2) is 79.4 Å². The molecule has 0 saturated carbocycles. The number of hydrogen-bond donors (Lipinski definition) is 0. The van der Waals surface area contributed by atoms with Crippen molar-refractivity contribution < 1.29 is 23.4 Å². The Labute approximate surface area is 245 Å². The molecule has 5 rings (SSSR count). The van der Waals surface area contributed by atoms with Gasteiger partial charge >= 0.3 is 5.97 Å². The molecule has 1 atom stereocenters. The normalized spacial score (nSPS) is 15.0. The van der Waals surface area contributed by atoms with E-state index < -0.39 is 12.0 Å². The highest BCUT2D eigenvalue weighted by atomic mass is 79.9. The number of ether oxygens (including phenoxy) is 3. The number of carbonyl (C=O) groups is 1. The number of nitrogens with zero attached hydrogens (tertiary/aromatic N) is 2. The van der Waals surface area contributed by atoms with Crippen LogP contribution in [0.1, 0.15) is 35.9 Å². The van der Waals surface area contributed by atoms with E-state index >= 15 is 0 Å². The summed E-state index contributed by atoms with van der Waals surface area (Å²) >= 11 is 6.27. The first kappa shape index (κ1) is 28.0. The molecule has 1 aliphatic rings. The van der Waals surface area contributed by atoms with Gasteiger partial charge in [-0.25, -0.2) is 14.2 Å². The van der Waals surface area contributed by atoms with E-state index in [2.05, 4.69) is 20.9 Å². The predicted molar refractivity (Wildman–Crippen MR) is 156 cm³/mol. The summed E-state index contributed by atoms with van der Waals surface area (Å²) in [6.07, 6.45) is 1.76. The number of aromatic nitrogens is 1. The van der Waals surface area contributed by atoms with Crippen LogP contribution in [0.25, 0.3) is 6.08 Å². The zero-order chi connectivity index (χ0) is 28.4. The van der Waals surface area contributed by atoms with Crippen molar-refractivity contribution in [1.82, 2.24) is 4.57 Å². The second-order valence-corrected chi connectivity index (χ2v) is 11.6. The van der Waals surface area contributed by atoms with Crippen molar-refractivity contribution in [3.8, 4) is 11.5 Å². The zero-order valence-electron chi connectivity index (χ0n) is 21.8. The molecule has 3 heterocycles. The first-order chi connectivity index (χ1) is 19.3. The Kier molecular flexibility index (Phi) is 8.34. The minimum Gasteiger partial charge on any atom is -0.493 e. The quantitative estimate of drug-likeness (QED) is 0.242. The van der Waals surface area contributed by atoms with Crippen LogP contribution >= 0.6 is 38.6 Å². The van der Waals surface area contributed by atoms with Crippen LogP contribution in [0.2, 0.25) is 0 Å². The molecule has 0 fully saturated rings. The Morgan fingerprint density at radius 2 is 2.00 bits per heavy atom. The highest BCUT2D eigenvalue weighted by Gasteiger charge is 2.33. The van der Waals surface area contributed by atoms with E-state index in [1.807, 2.05) is 23.6 Å². The highest BCUT2D eigenvalue weighted by Crippen LogP contribution is 2.37. The van der Waals surface area contributed by atoms with E-state index in [4.69, 9.17) is 14.2 Å². The van der Waals surface area contributed by atoms with Crippen LogP contribution < -0.4 is 24.4 Å². The number of thiophene rings is 1. The summed E-state index contributed by atoms with van der Waals surface area (Å²) in [5.41, 5.74) is 2.13. The molecule has 0 N–H and O–H groups in total. The lowest BCUT2D eigenvalue weighted by Gasteiger charge is -2.23. The van der Waals surface area contributed by atoms with Gasteiger partial charge in [0.1, 0.15) is 18.5 Å². The Morgan fingerprint density at radius 1 is 1.23 bits per heavy atom. The zero-order valence-corrected chi connectivity index (χ0v) is 25.0. The monoisotopic (exact) mass is 642 g/mol. The van der Waals surface area contributed by atoms with Gasteiger partial charge in [0, 0.05) is 4.88 Å². The fraction of sp³-hybridized carbons (Fsp3) is 0.207. The number of fused-ring (bicyclic) bond motifs is 1. The lowest BCUT2D eigenvalue weighted by Crippen LogP contribution is -2.39. The lowest BCUT2D eigenvalue weighted by molar-refractivity contribution is -0.139. The minimum absolute atomic E-state index is 0.220. The Morgan fingerprint density at radius 3 is 2.67 bits per heavy atom. The van der Waals surface area contributed by atoms with Crippen LogP contribution in [0.3, 0.4) is 0 Å². The number of benzene rings is 2. The van der Waals surface area contributed by atoms with Crippen LogP contribution in [-0.4, -0.2) is 24.3 Å². The standard InChI is InChI=1S/C29H24BrFN2O5S2/c1-4-37-28(35)24-16(2)32-29-33(25(24)22-6-5-11-39-22)27(34)23(40-29)14-18-12-20(30)26(21(13-18)36-3)38-15-17-7-9-19(31)10-8-17/h5-14,25H,4,15H2,1-3H3/b23-14-/t25-/m0/s1. The maximum Gasteiger partial charge on any atom is 0.338 e. The Balaban J connectivity index is 1.54. The second kappa shape index (κ2) is 11.9. The number of esters is 1. The van der Waals surface area contributed by atoms with Crippen molar-refractivity contribution in [2.24, 2.45) is 4.99 Å². The van der Waals surface area contributed by atoms with Crippen molar-refractivity contribution >= 4 is 50.6 Å². The molecule has 0 aliphatic carbocycles. The molecule has 4 aromatic rings.